The third-order valence-corrected chi connectivity index (χ3v) is 0. The van der Waals surface area contributed by atoms with E-state index in [9.17, 15) is 0 Å². The molecule has 0 aromatic carbocycles. The molecule has 32 valence electrons. The summed E-state index contributed by atoms with van der Waals surface area (Å²) < 4.78 is 0. The van der Waals surface area contributed by atoms with Crippen LogP contribution in [-0.2, 0) is 77.4 Å². The van der Waals surface area contributed by atoms with Crippen LogP contribution in [0.2, 0.25) is 0 Å². The summed E-state index contributed by atoms with van der Waals surface area (Å²) in [6.07, 6.45) is 0. The van der Waals surface area contributed by atoms with E-state index in [4.69, 9.17) is 0 Å². The van der Waals surface area contributed by atoms with E-state index in [0.717, 1.165) is 0 Å². The van der Waals surface area contributed by atoms with E-state index in [1.165, 1.54) is 0 Å². The fourth-order valence-corrected chi connectivity index (χ4v) is 0. The Balaban J connectivity index is 0. The number of hydrogen-bond donors (Lipinski definition) is 0. The molecule has 0 aromatic rings. The maximum absolute atomic E-state index is 0. The monoisotopic (exact) mass is 474 g/mol. The van der Waals surface area contributed by atoms with E-state index in [2.05, 4.69) is 0 Å². The van der Waals surface area contributed by atoms with Gasteiger partial charge in [0, 0.05) is 0 Å². The first kappa shape index (κ1) is 59.5. The van der Waals surface area contributed by atoms with Gasteiger partial charge in [-0.25, -0.2) is 0 Å². The van der Waals surface area contributed by atoms with Crippen LogP contribution in [0, 0.1) is 0 Å². The van der Waals surface area contributed by atoms with Crippen molar-refractivity contribution in [3.63, 3.8) is 0 Å². The Kier molecular flexibility index (Phi) is 426. The van der Waals surface area contributed by atoms with Crippen LogP contribution in [-0.4, -0.2) is 0 Å². The zero-order chi connectivity index (χ0) is 0. The average molecular weight is 474 g/mol. The van der Waals surface area contributed by atoms with Gasteiger partial charge in [-0.2, -0.15) is 0 Å². The van der Waals surface area contributed by atoms with Crippen molar-refractivity contribution in [3.8, 4) is 0 Å². The SMILES string of the molecule is [Au+3].[Au+3].[O-2].[O-2].[Ti+4]. The van der Waals surface area contributed by atoms with Gasteiger partial charge in [0.2, 0.25) is 0 Å². The summed E-state index contributed by atoms with van der Waals surface area (Å²) in [4.78, 5) is 0. The molecule has 0 N–H and O–H groups in total. The molecule has 0 aliphatic carbocycles. The minimum absolute atomic E-state index is 0. The van der Waals surface area contributed by atoms with E-state index in [1.54, 1.807) is 0 Å². The Labute approximate surface area is 76.6 Å². The summed E-state index contributed by atoms with van der Waals surface area (Å²) in [5.74, 6) is 0. The van der Waals surface area contributed by atoms with Crippen molar-refractivity contribution in [3.05, 3.63) is 0 Å². The molecule has 0 spiro atoms. The van der Waals surface area contributed by atoms with Crippen molar-refractivity contribution in [2.45, 2.75) is 0 Å². The first-order valence-electron chi connectivity index (χ1n) is 0. The summed E-state index contributed by atoms with van der Waals surface area (Å²) in [7, 11) is 0. The van der Waals surface area contributed by atoms with Crippen LogP contribution in [0.15, 0.2) is 0 Å². The Morgan fingerprint density at radius 1 is 0.600 bits per heavy atom. The maximum Gasteiger partial charge on any atom is 4.00 e. The molecule has 0 unspecified atom stereocenters. The van der Waals surface area contributed by atoms with Gasteiger partial charge in [-0.05, 0) is 0 Å². The molecule has 0 radical (unpaired) electrons. The Morgan fingerprint density at radius 3 is 0.600 bits per heavy atom. The zero-order valence-corrected chi connectivity index (χ0v) is 7.81. The molecule has 0 aliphatic heterocycles. The molecule has 0 amide bonds. The molecule has 0 atom stereocenters. The van der Waals surface area contributed by atoms with Crippen LogP contribution in [0.25, 0.3) is 0 Å². The minimum Gasteiger partial charge on any atom is -2.00 e. The predicted octanol–water partition coefficient (Wildman–Crippen LogP) is -0.245. The molecular formula is Au2O2Ti+6. The number of hydrogen-bond acceptors (Lipinski definition) is 0. The molecule has 0 saturated carbocycles. The maximum atomic E-state index is 0. The van der Waals surface area contributed by atoms with Crippen molar-refractivity contribution in [2.24, 2.45) is 0 Å². The predicted molar refractivity (Wildman–Crippen MR) is 1.37 cm³/mol. The summed E-state index contributed by atoms with van der Waals surface area (Å²) in [5.41, 5.74) is 0. The molecule has 0 rings (SSSR count). The van der Waals surface area contributed by atoms with Crippen LogP contribution in [0.1, 0.15) is 0 Å². The van der Waals surface area contributed by atoms with Gasteiger partial charge < -0.3 is 11.0 Å². The van der Waals surface area contributed by atoms with Gasteiger partial charge in [-0.3, -0.25) is 0 Å². The fraction of sp³-hybridized carbons (Fsp3) is 0. The van der Waals surface area contributed by atoms with Crippen molar-refractivity contribution in [2.75, 3.05) is 0 Å². The second kappa shape index (κ2) is 35.8. The van der Waals surface area contributed by atoms with Crippen LogP contribution in [0.3, 0.4) is 0 Å². The quantitative estimate of drug-likeness (QED) is 0.436. The molecular weight excluding hydrogens is 474 g/mol. The van der Waals surface area contributed by atoms with E-state index in [1.807, 2.05) is 0 Å². The molecule has 0 bridgehead atoms. The largest absolute Gasteiger partial charge is 4.00 e. The van der Waals surface area contributed by atoms with Gasteiger partial charge in [0.1, 0.15) is 0 Å². The van der Waals surface area contributed by atoms with Crippen LogP contribution < -0.4 is 0 Å². The third-order valence-electron chi connectivity index (χ3n) is 0. The molecule has 5 heteroatoms. The molecule has 2 nitrogen and oxygen atoms in total. The van der Waals surface area contributed by atoms with Crippen molar-refractivity contribution in [1.29, 1.82) is 0 Å². The molecule has 0 aromatic heterocycles. The van der Waals surface area contributed by atoms with Crippen molar-refractivity contribution < 1.29 is 77.4 Å². The first-order valence-corrected chi connectivity index (χ1v) is 0. The summed E-state index contributed by atoms with van der Waals surface area (Å²) >= 11 is 0. The Bertz CT molecular complexity index is 7.61. The van der Waals surface area contributed by atoms with E-state index in [-0.39, 0.29) is 77.4 Å². The molecule has 0 aliphatic rings. The molecule has 0 fully saturated rings. The third kappa shape index (κ3) is 23.1. The second-order valence-electron chi connectivity index (χ2n) is 0. The fourth-order valence-electron chi connectivity index (χ4n) is 0. The van der Waals surface area contributed by atoms with E-state index >= 15 is 0 Å². The van der Waals surface area contributed by atoms with Gasteiger partial charge in [0.05, 0.1) is 0 Å². The molecule has 5 heavy (non-hydrogen) atoms. The van der Waals surface area contributed by atoms with Gasteiger partial charge in [0.25, 0.3) is 0 Å². The molecule has 0 saturated heterocycles. The normalized spacial score (nSPS) is 0. The molecule has 0 heterocycles. The minimum atomic E-state index is 0. The van der Waals surface area contributed by atoms with Crippen molar-refractivity contribution >= 4 is 0 Å². The second-order valence-corrected chi connectivity index (χ2v) is 0. The standard InChI is InChI=1S/2Au.2O.Ti/q2*+3;2*-2;+4. The Hall–Kier alpha value is 2.11. The summed E-state index contributed by atoms with van der Waals surface area (Å²) in [6, 6.07) is 0. The number of rotatable bonds is 0. The van der Waals surface area contributed by atoms with Crippen LogP contribution >= 0.6 is 0 Å². The van der Waals surface area contributed by atoms with Gasteiger partial charge in [0.15, 0.2) is 0 Å². The zero-order valence-electron chi connectivity index (χ0n) is 1.92. The van der Waals surface area contributed by atoms with Crippen LogP contribution in [0.5, 0.6) is 0 Å². The first-order chi connectivity index (χ1) is 0. The summed E-state index contributed by atoms with van der Waals surface area (Å²) in [6.45, 7) is 0. The topological polar surface area (TPSA) is 57.0 Å². The summed E-state index contributed by atoms with van der Waals surface area (Å²) in [5, 5.41) is 0. The smallest absolute Gasteiger partial charge is 2.00 e. The van der Waals surface area contributed by atoms with E-state index < -0.39 is 0 Å². The van der Waals surface area contributed by atoms with Gasteiger partial charge in [-0.1, -0.05) is 0 Å². The Morgan fingerprint density at radius 2 is 0.600 bits per heavy atom. The van der Waals surface area contributed by atoms with Gasteiger partial charge in [-0.15, -0.1) is 0 Å². The van der Waals surface area contributed by atoms with Gasteiger partial charge >= 0.3 is 66.5 Å². The van der Waals surface area contributed by atoms with E-state index in [0.29, 0.717) is 0 Å². The van der Waals surface area contributed by atoms with Crippen LogP contribution in [0.4, 0.5) is 0 Å². The van der Waals surface area contributed by atoms with Crippen molar-refractivity contribution in [1.82, 2.24) is 0 Å². The average Bonchev–Trinajstić information content (AvgIpc) is 0.